The van der Waals surface area contributed by atoms with E-state index in [1.165, 1.54) is 26.7 Å². The Kier molecular flexibility index (Phi) is 9.02. The molecular formula is C46H55N4O8+. The number of nitrogens with zero attached hydrogens (tertiary/aromatic N) is 3. The van der Waals surface area contributed by atoms with E-state index < -0.39 is 51.9 Å². The lowest BCUT2D eigenvalue weighted by atomic mass is 9.49. The number of fused-ring (bicyclic) bond motifs is 6. The number of hydrogen-bond donors (Lipinski definition) is 2. The van der Waals surface area contributed by atoms with Gasteiger partial charge in [-0.3, -0.25) is 14.5 Å². The van der Waals surface area contributed by atoms with Crippen molar-refractivity contribution in [2.24, 2.45) is 11.3 Å². The molecule has 2 N–H and O–H groups in total. The van der Waals surface area contributed by atoms with Crippen molar-refractivity contribution in [2.45, 2.75) is 81.5 Å². The molecular weight excluding hydrogens is 737 g/mol. The standard InChI is InChI=1S/C46H55N4O8/c1-8-28-21-29-24-45(41(52)56-6,37-31(15-19-49(25-28)26-29)30-13-10-11-14-34(30)47-37)33-22-32-35(23-36(33)55-5)48(4)39-44(32)17-20-50-18-12-16-43(9-2,38(44)50)40(58-27(3)51)46(39,54)42(53)57-7/h10-14,16,21-23,29,39-40,47,54H,8-9,15,17-20,24-26H2,1-7H3/q+1/t29-,39-,40-,43-,44-,45+,46+/m1/s1. The number of aliphatic hydroxyl groups is 1. The maximum absolute atomic E-state index is 15.3. The zero-order valence-corrected chi connectivity index (χ0v) is 34.6. The first-order valence-corrected chi connectivity index (χ1v) is 20.7. The molecule has 1 aromatic heterocycles. The van der Waals surface area contributed by atoms with Gasteiger partial charge >= 0.3 is 17.9 Å². The molecule has 0 saturated heterocycles. The summed E-state index contributed by atoms with van der Waals surface area (Å²) in [6.07, 6.45) is 8.24. The molecule has 1 spiro atoms. The second kappa shape index (κ2) is 13.6. The third kappa shape index (κ3) is 4.87. The molecule has 6 aliphatic rings. The smallest absolute Gasteiger partial charge is 0.344 e. The lowest BCUT2D eigenvalue weighted by Gasteiger charge is -2.56. The number of carbonyl (C=O) groups excluding carboxylic acids is 3. The predicted octanol–water partition coefficient (Wildman–Crippen LogP) is 4.58. The predicted molar refractivity (Wildman–Crippen MR) is 219 cm³/mol. The summed E-state index contributed by atoms with van der Waals surface area (Å²) < 4.78 is 26.3. The summed E-state index contributed by atoms with van der Waals surface area (Å²) in [5.74, 6) is -1.36. The Hall–Kier alpha value is -4.94. The average Bonchev–Trinajstić information content (AvgIpc) is 3.89. The van der Waals surface area contributed by atoms with E-state index in [1.54, 1.807) is 7.11 Å². The van der Waals surface area contributed by atoms with Gasteiger partial charge in [0.1, 0.15) is 28.5 Å². The number of aromatic nitrogens is 1. The van der Waals surface area contributed by atoms with Crippen LogP contribution in [0.1, 0.15) is 68.8 Å². The van der Waals surface area contributed by atoms with Crippen molar-refractivity contribution >= 4 is 40.2 Å². The summed E-state index contributed by atoms with van der Waals surface area (Å²) in [4.78, 5) is 50.9. The number of ether oxygens (including phenoxy) is 4. The molecule has 3 aromatic rings. The van der Waals surface area contributed by atoms with Gasteiger partial charge in [-0.1, -0.05) is 49.8 Å². The van der Waals surface area contributed by atoms with Crippen LogP contribution in [0.5, 0.6) is 5.75 Å². The molecule has 1 unspecified atom stereocenters. The van der Waals surface area contributed by atoms with Gasteiger partial charge in [-0.15, -0.1) is 0 Å². The van der Waals surface area contributed by atoms with Crippen molar-refractivity contribution in [3.63, 3.8) is 0 Å². The Morgan fingerprint density at radius 3 is 2.53 bits per heavy atom. The minimum absolute atomic E-state index is 0.0165. The van der Waals surface area contributed by atoms with Crippen LogP contribution in [0.15, 0.2) is 60.2 Å². The minimum Gasteiger partial charge on any atom is -0.496 e. The Morgan fingerprint density at radius 2 is 1.83 bits per heavy atom. The van der Waals surface area contributed by atoms with Gasteiger partial charge in [-0.25, -0.2) is 9.37 Å². The highest BCUT2D eigenvalue weighted by molar-refractivity contribution is 6.08. The Bertz CT molecular complexity index is 2350. The normalized spacial score (nSPS) is 33.2. The number of carbonyl (C=O) groups is 3. The first kappa shape index (κ1) is 38.6. The Balaban J connectivity index is 1.38. The SMILES string of the molecule is CCC1=C[C@H]2CN(CCc3c([nH]c4ccccc34)[C@@](C(=O)OC)(c3cc4c(cc3OC)N(C)[C@H]3[C@@](O)(C(=O)OC)[C@H](OC(C)=O)[C@]5(CC)C=CC[N+]6=C5[C@@]43CC6)C2)C1. The van der Waals surface area contributed by atoms with E-state index in [0.717, 1.165) is 71.6 Å². The molecule has 9 rings (SSSR count). The molecule has 6 heterocycles. The highest BCUT2D eigenvalue weighted by Gasteiger charge is 2.81. The Labute approximate surface area is 339 Å². The van der Waals surface area contributed by atoms with E-state index >= 15 is 4.79 Å². The number of benzene rings is 2. The first-order chi connectivity index (χ1) is 27.9. The maximum atomic E-state index is 15.3. The number of methoxy groups -OCH3 is 3. The van der Waals surface area contributed by atoms with Crippen LogP contribution in [0.25, 0.3) is 10.9 Å². The van der Waals surface area contributed by atoms with Crippen LogP contribution in [0.3, 0.4) is 0 Å². The number of esters is 3. The van der Waals surface area contributed by atoms with Crippen molar-refractivity contribution in [3.05, 3.63) is 82.6 Å². The molecule has 12 nitrogen and oxygen atoms in total. The van der Waals surface area contributed by atoms with Crippen LogP contribution in [-0.4, -0.2) is 122 Å². The first-order valence-electron chi connectivity index (χ1n) is 20.7. The van der Waals surface area contributed by atoms with Crippen molar-refractivity contribution in [2.75, 3.05) is 66.0 Å². The van der Waals surface area contributed by atoms with Crippen LogP contribution < -0.4 is 9.64 Å². The topological polar surface area (TPSA) is 134 Å². The minimum atomic E-state index is -2.30. The fraction of sp³-hybridized carbons (Fsp3) is 0.522. The summed E-state index contributed by atoms with van der Waals surface area (Å²) in [6, 6.07) is 11.4. The number of hydrogen-bond acceptors (Lipinski definition) is 10. The van der Waals surface area contributed by atoms with Crippen LogP contribution in [0.4, 0.5) is 5.69 Å². The Morgan fingerprint density at radius 1 is 1.05 bits per heavy atom. The molecule has 12 heteroatoms. The van der Waals surface area contributed by atoms with Gasteiger partial charge in [-0.05, 0) is 60.9 Å². The van der Waals surface area contributed by atoms with Crippen LogP contribution >= 0.6 is 0 Å². The number of likely N-dealkylation sites (N-methyl/N-ethyl adjacent to an activating group) is 1. The second-order valence-electron chi connectivity index (χ2n) is 17.3. The quantitative estimate of drug-likeness (QED) is 0.152. The highest BCUT2D eigenvalue weighted by atomic mass is 16.6. The lowest BCUT2D eigenvalue weighted by Crippen LogP contribution is -2.79. The third-order valence-electron chi connectivity index (χ3n) is 14.7. The molecule has 1 aliphatic carbocycles. The van der Waals surface area contributed by atoms with E-state index in [2.05, 4.69) is 45.7 Å². The molecule has 0 radical (unpaired) electrons. The van der Waals surface area contributed by atoms with Gasteiger partial charge in [-0.2, -0.15) is 0 Å². The molecule has 1 saturated carbocycles. The van der Waals surface area contributed by atoms with Gasteiger partial charge in [0.2, 0.25) is 5.60 Å². The van der Waals surface area contributed by atoms with Gasteiger partial charge < -0.3 is 33.9 Å². The van der Waals surface area contributed by atoms with E-state index in [1.807, 2.05) is 49.2 Å². The van der Waals surface area contributed by atoms with Gasteiger partial charge in [0.15, 0.2) is 18.4 Å². The number of aromatic amines is 1. The summed E-state index contributed by atoms with van der Waals surface area (Å²) in [7, 11) is 6.22. The van der Waals surface area contributed by atoms with Crippen molar-refractivity contribution in [1.29, 1.82) is 0 Å². The van der Waals surface area contributed by atoms with Crippen molar-refractivity contribution in [3.8, 4) is 5.75 Å². The van der Waals surface area contributed by atoms with Gasteiger partial charge in [0.05, 0.1) is 27.4 Å². The zero-order chi connectivity index (χ0) is 40.9. The zero-order valence-electron chi connectivity index (χ0n) is 34.6. The summed E-state index contributed by atoms with van der Waals surface area (Å²) in [5, 5.41) is 14.4. The fourth-order valence-corrected chi connectivity index (χ4v) is 12.6. The summed E-state index contributed by atoms with van der Waals surface area (Å²) in [5.41, 5.74) is 1.82. The summed E-state index contributed by atoms with van der Waals surface area (Å²) in [6.45, 7) is 9.32. The molecule has 306 valence electrons. The highest BCUT2D eigenvalue weighted by Crippen LogP contribution is 2.65. The molecule has 2 bridgehead atoms. The van der Waals surface area contributed by atoms with Crippen LogP contribution in [0.2, 0.25) is 0 Å². The monoisotopic (exact) mass is 791 g/mol. The number of nitrogens with one attached hydrogen (secondary N) is 1. The molecule has 0 amide bonds. The molecule has 8 atom stereocenters. The molecule has 5 aliphatic heterocycles. The van der Waals surface area contributed by atoms with E-state index in [0.29, 0.717) is 43.7 Å². The van der Waals surface area contributed by atoms with Crippen molar-refractivity contribution < 1.29 is 43.0 Å². The second-order valence-corrected chi connectivity index (χ2v) is 17.3. The van der Waals surface area contributed by atoms with E-state index in [4.69, 9.17) is 18.9 Å². The van der Waals surface area contributed by atoms with E-state index in [-0.39, 0.29) is 5.92 Å². The van der Waals surface area contributed by atoms with Gasteiger partial charge in [0.25, 0.3) is 0 Å². The van der Waals surface area contributed by atoms with Gasteiger partial charge in [0, 0.05) is 73.9 Å². The largest absolute Gasteiger partial charge is 0.496 e. The van der Waals surface area contributed by atoms with Crippen molar-refractivity contribution in [1.82, 2.24) is 9.88 Å². The third-order valence-corrected chi connectivity index (χ3v) is 14.7. The number of H-pyrrole nitrogens is 1. The van der Waals surface area contributed by atoms with Crippen LogP contribution in [0, 0.1) is 11.3 Å². The van der Waals surface area contributed by atoms with E-state index in [9.17, 15) is 14.7 Å². The maximum Gasteiger partial charge on any atom is 0.344 e. The van der Waals surface area contributed by atoms with Crippen LogP contribution in [-0.2, 0) is 45.8 Å². The number of anilines is 1. The fourth-order valence-electron chi connectivity index (χ4n) is 12.6. The molecule has 2 aromatic carbocycles. The number of rotatable bonds is 7. The molecule has 1 fully saturated rings. The summed E-state index contributed by atoms with van der Waals surface area (Å²) >= 11 is 0. The number of para-hydroxylation sites is 1. The molecule has 58 heavy (non-hydrogen) atoms. The average molecular weight is 792 g/mol. The lowest BCUT2D eigenvalue weighted by molar-refractivity contribution is -0.515.